The van der Waals surface area contributed by atoms with Gasteiger partial charge in [0, 0.05) is 43.5 Å². The van der Waals surface area contributed by atoms with Gasteiger partial charge in [0.2, 0.25) is 0 Å². The van der Waals surface area contributed by atoms with Crippen LogP contribution in [0.2, 0.25) is 0 Å². The molecular weight excluding hydrogens is 366 g/mol. The van der Waals surface area contributed by atoms with Gasteiger partial charge < -0.3 is 4.90 Å². The van der Waals surface area contributed by atoms with E-state index in [0.717, 1.165) is 29.7 Å². The second-order valence-electron chi connectivity index (χ2n) is 7.41. The number of amides is 1. The standard InChI is InChI=1S/C21H21N7O/c1-27-20-18(24-26-27)11-16(12-22-20)21(29)28-9-7-15(8-10-28)19-17(13-23-25-19)14-5-3-2-4-6-14/h2-6,11-13,15H,7-10H2,1H3,(H,23,25). The molecule has 1 aliphatic rings. The van der Waals surface area contributed by atoms with E-state index < -0.39 is 0 Å². The second kappa shape index (κ2) is 7.12. The van der Waals surface area contributed by atoms with Crippen LogP contribution < -0.4 is 0 Å². The molecule has 0 bridgehead atoms. The van der Waals surface area contributed by atoms with Crippen molar-refractivity contribution in [3.05, 3.63) is 60.0 Å². The van der Waals surface area contributed by atoms with Crippen LogP contribution in [-0.2, 0) is 7.05 Å². The Bertz CT molecular complexity index is 1160. The summed E-state index contributed by atoms with van der Waals surface area (Å²) in [4.78, 5) is 19.2. The first-order valence-electron chi connectivity index (χ1n) is 9.74. The van der Waals surface area contributed by atoms with Crippen LogP contribution in [0.1, 0.15) is 34.8 Å². The van der Waals surface area contributed by atoms with Crippen LogP contribution in [0.25, 0.3) is 22.3 Å². The Morgan fingerprint density at radius 1 is 1.14 bits per heavy atom. The Morgan fingerprint density at radius 2 is 1.93 bits per heavy atom. The van der Waals surface area contributed by atoms with Crippen molar-refractivity contribution in [1.82, 2.24) is 35.1 Å². The van der Waals surface area contributed by atoms with E-state index in [2.05, 4.69) is 37.6 Å². The quantitative estimate of drug-likeness (QED) is 0.583. The topological polar surface area (TPSA) is 92.6 Å². The highest BCUT2D eigenvalue weighted by Gasteiger charge is 2.27. The number of nitrogens with one attached hydrogen (secondary N) is 1. The maximum Gasteiger partial charge on any atom is 0.255 e. The highest BCUT2D eigenvalue weighted by Crippen LogP contribution is 2.34. The zero-order valence-electron chi connectivity index (χ0n) is 16.1. The Kier molecular flexibility index (Phi) is 4.31. The molecule has 5 rings (SSSR count). The zero-order valence-corrected chi connectivity index (χ0v) is 16.1. The number of H-pyrrole nitrogens is 1. The number of aromatic amines is 1. The second-order valence-corrected chi connectivity index (χ2v) is 7.41. The van der Waals surface area contributed by atoms with Crippen molar-refractivity contribution in [3.63, 3.8) is 0 Å². The number of pyridine rings is 1. The van der Waals surface area contributed by atoms with E-state index in [1.807, 2.05) is 29.3 Å². The number of hydrogen-bond donors (Lipinski definition) is 1. The predicted molar refractivity (Wildman–Crippen MR) is 108 cm³/mol. The fourth-order valence-electron chi connectivity index (χ4n) is 4.05. The third-order valence-electron chi connectivity index (χ3n) is 5.63. The number of fused-ring (bicyclic) bond motifs is 1. The Hall–Kier alpha value is -3.55. The number of rotatable bonds is 3. The number of carbonyl (C=O) groups excluding carboxylic acids is 1. The van der Waals surface area contributed by atoms with Crippen LogP contribution in [-0.4, -0.2) is 54.1 Å². The monoisotopic (exact) mass is 387 g/mol. The molecule has 4 aromatic rings. The van der Waals surface area contributed by atoms with Gasteiger partial charge in [0.1, 0.15) is 5.52 Å². The number of benzene rings is 1. The molecule has 8 heteroatoms. The molecule has 0 saturated carbocycles. The molecule has 1 amide bonds. The highest BCUT2D eigenvalue weighted by molar-refractivity contribution is 5.96. The molecule has 1 aromatic carbocycles. The van der Waals surface area contributed by atoms with Crippen LogP contribution in [0.15, 0.2) is 48.8 Å². The lowest BCUT2D eigenvalue weighted by Gasteiger charge is -2.32. The van der Waals surface area contributed by atoms with E-state index in [0.29, 0.717) is 35.7 Å². The fraction of sp³-hybridized carbons (Fsp3) is 0.286. The van der Waals surface area contributed by atoms with Gasteiger partial charge in [-0.05, 0) is 24.5 Å². The highest BCUT2D eigenvalue weighted by atomic mass is 16.2. The van der Waals surface area contributed by atoms with E-state index in [-0.39, 0.29) is 5.91 Å². The molecule has 0 unspecified atom stereocenters. The fourth-order valence-corrected chi connectivity index (χ4v) is 4.05. The van der Waals surface area contributed by atoms with Gasteiger partial charge in [-0.25, -0.2) is 9.67 Å². The maximum absolute atomic E-state index is 12.9. The third-order valence-corrected chi connectivity index (χ3v) is 5.63. The van der Waals surface area contributed by atoms with Crippen molar-refractivity contribution in [3.8, 4) is 11.1 Å². The first-order chi connectivity index (χ1) is 14.2. The summed E-state index contributed by atoms with van der Waals surface area (Å²) in [6.45, 7) is 1.41. The van der Waals surface area contributed by atoms with E-state index in [1.165, 1.54) is 0 Å². The average molecular weight is 387 g/mol. The van der Waals surface area contributed by atoms with Gasteiger partial charge in [-0.1, -0.05) is 35.5 Å². The van der Waals surface area contributed by atoms with Gasteiger partial charge in [-0.2, -0.15) is 5.10 Å². The van der Waals surface area contributed by atoms with Crippen LogP contribution >= 0.6 is 0 Å². The summed E-state index contributed by atoms with van der Waals surface area (Å²) in [7, 11) is 1.79. The minimum Gasteiger partial charge on any atom is -0.339 e. The molecule has 4 heterocycles. The first kappa shape index (κ1) is 17.5. The Labute approximate surface area is 167 Å². The van der Waals surface area contributed by atoms with E-state index in [9.17, 15) is 4.79 Å². The van der Waals surface area contributed by atoms with Gasteiger partial charge in [0.05, 0.1) is 11.8 Å². The zero-order chi connectivity index (χ0) is 19.8. The molecule has 0 aliphatic carbocycles. The molecule has 146 valence electrons. The van der Waals surface area contributed by atoms with Crippen LogP contribution in [0.5, 0.6) is 0 Å². The summed E-state index contributed by atoms with van der Waals surface area (Å²) in [6, 6.07) is 12.1. The van der Waals surface area contributed by atoms with Gasteiger partial charge in [-0.15, -0.1) is 5.10 Å². The number of aryl methyl sites for hydroxylation is 1. The smallest absolute Gasteiger partial charge is 0.255 e. The molecule has 8 nitrogen and oxygen atoms in total. The Balaban J connectivity index is 1.30. The lowest BCUT2D eigenvalue weighted by Crippen LogP contribution is -2.38. The molecule has 29 heavy (non-hydrogen) atoms. The van der Waals surface area contributed by atoms with Gasteiger partial charge in [-0.3, -0.25) is 9.89 Å². The molecule has 1 N–H and O–H groups in total. The molecular formula is C21H21N7O. The van der Waals surface area contributed by atoms with Crippen molar-refractivity contribution in [2.75, 3.05) is 13.1 Å². The first-order valence-corrected chi connectivity index (χ1v) is 9.74. The summed E-state index contributed by atoms with van der Waals surface area (Å²) in [5.41, 5.74) is 5.34. The number of carbonyl (C=O) groups is 1. The largest absolute Gasteiger partial charge is 0.339 e. The molecule has 1 fully saturated rings. The number of likely N-dealkylation sites (tertiary alicyclic amines) is 1. The summed E-state index contributed by atoms with van der Waals surface area (Å²) in [5.74, 6) is 0.355. The van der Waals surface area contributed by atoms with Crippen molar-refractivity contribution in [2.24, 2.45) is 7.05 Å². The SMILES string of the molecule is Cn1nnc2cc(C(=O)N3CCC(c4[nH]ncc4-c4ccccc4)CC3)cnc21. The molecule has 1 saturated heterocycles. The number of nitrogens with zero attached hydrogens (tertiary/aromatic N) is 6. The third kappa shape index (κ3) is 3.16. The summed E-state index contributed by atoms with van der Waals surface area (Å²) < 4.78 is 1.60. The van der Waals surface area contributed by atoms with Crippen molar-refractivity contribution in [2.45, 2.75) is 18.8 Å². The number of aromatic nitrogens is 6. The predicted octanol–water partition coefficient (Wildman–Crippen LogP) is 2.77. The minimum absolute atomic E-state index is 0.00334. The maximum atomic E-state index is 12.9. The van der Waals surface area contributed by atoms with Crippen molar-refractivity contribution >= 4 is 17.1 Å². The molecule has 0 spiro atoms. The van der Waals surface area contributed by atoms with Crippen molar-refractivity contribution < 1.29 is 4.79 Å². The summed E-state index contributed by atoms with van der Waals surface area (Å²) in [6.07, 6.45) is 5.30. The van der Waals surface area contributed by atoms with E-state index in [4.69, 9.17) is 0 Å². The molecule has 3 aromatic heterocycles. The Morgan fingerprint density at radius 3 is 2.72 bits per heavy atom. The van der Waals surface area contributed by atoms with E-state index >= 15 is 0 Å². The molecule has 0 atom stereocenters. The molecule has 1 aliphatic heterocycles. The normalized spacial score (nSPS) is 15.1. The summed E-state index contributed by atoms with van der Waals surface area (Å²) >= 11 is 0. The van der Waals surface area contributed by atoms with Crippen LogP contribution in [0.4, 0.5) is 0 Å². The lowest BCUT2D eigenvalue weighted by atomic mass is 9.89. The average Bonchev–Trinajstić information content (AvgIpc) is 3.41. The van der Waals surface area contributed by atoms with Gasteiger partial charge in [0.15, 0.2) is 5.65 Å². The van der Waals surface area contributed by atoms with Crippen LogP contribution in [0.3, 0.4) is 0 Å². The van der Waals surface area contributed by atoms with E-state index in [1.54, 1.807) is 24.0 Å². The van der Waals surface area contributed by atoms with Crippen LogP contribution in [0, 0.1) is 0 Å². The van der Waals surface area contributed by atoms with Gasteiger partial charge in [0.25, 0.3) is 5.91 Å². The number of hydrogen-bond acceptors (Lipinski definition) is 5. The minimum atomic E-state index is -0.00334. The van der Waals surface area contributed by atoms with Gasteiger partial charge >= 0.3 is 0 Å². The lowest BCUT2D eigenvalue weighted by molar-refractivity contribution is 0.0712. The summed E-state index contributed by atoms with van der Waals surface area (Å²) in [5, 5.41) is 15.5. The number of piperidine rings is 1. The molecule has 0 radical (unpaired) electrons. The van der Waals surface area contributed by atoms with Crippen molar-refractivity contribution in [1.29, 1.82) is 0 Å².